The lowest BCUT2D eigenvalue weighted by Crippen LogP contribution is -2.02. The van der Waals surface area contributed by atoms with Gasteiger partial charge in [-0.1, -0.05) is 0 Å². The van der Waals surface area contributed by atoms with E-state index in [0.717, 1.165) is 0 Å². The summed E-state index contributed by atoms with van der Waals surface area (Å²) >= 11 is 0. The molecule has 5 heteroatoms. The van der Waals surface area contributed by atoms with E-state index in [-0.39, 0.29) is 23.7 Å². The zero-order valence-electron chi connectivity index (χ0n) is 10.2. The minimum Gasteiger partial charge on any atom is -0.478 e. The second-order valence-corrected chi connectivity index (χ2v) is 4.15. The van der Waals surface area contributed by atoms with Crippen LogP contribution in [0.2, 0.25) is 0 Å². The van der Waals surface area contributed by atoms with Gasteiger partial charge in [0, 0.05) is 5.56 Å². The molecule has 0 bridgehead atoms. The number of carbonyl (C=O) groups is 1. The van der Waals surface area contributed by atoms with Crippen LogP contribution >= 0.6 is 0 Å². The molecule has 2 rings (SSSR count). The van der Waals surface area contributed by atoms with Crippen molar-refractivity contribution in [3.63, 3.8) is 0 Å². The molecule has 0 unspecified atom stereocenters. The highest BCUT2D eigenvalue weighted by Gasteiger charge is 2.11. The van der Waals surface area contributed by atoms with Crippen LogP contribution in [0.25, 0.3) is 11.3 Å². The molecule has 0 fully saturated rings. The fourth-order valence-corrected chi connectivity index (χ4v) is 1.84. The van der Waals surface area contributed by atoms with Gasteiger partial charge in [0.1, 0.15) is 5.82 Å². The minimum absolute atomic E-state index is 0.0396. The van der Waals surface area contributed by atoms with Crippen LogP contribution < -0.4 is 0 Å². The van der Waals surface area contributed by atoms with Crippen LogP contribution in [0.1, 0.15) is 21.6 Å². The third-order valence-electron chi connectivity index (χ3n) is 2.75. The van der Waals surface area contributed by atoms with Crippen molar-refractivity contribution in [3.8, 4) is 11.3 Å². The van der Waals surface area contributed by atoms with Gasteiger partial charge in [0.25, 0.3) is 0 Å². The van der Waals surface area contributed by atoms with Gasteiger partial charge < -0.3 is 10.2 Å². The Kier molecular flexibility index (Phi) is 3.57. The highest BCUT2D eigenvalue weighted by Crippen LogP contribution is 2.24. The number of carboxylic acids is 1. The van der Waals surface area contributed by atoms with Crippen molar-refractivity contribution in [3.05, 3.63) is 53.0 Å². The average Bonchev–Trinajstić information content (AvgIpc) is 2.38. The van der Waals surface area contributed by atoms with Crippen molar-refractivity contribution >= 4 is 5.97 Å². The quantitative estimate of drug-likeness (QED) is 0.890. The predicted octanol–water partition coefficient (Wildman–Crippen LogP) is 2.39. The Morgan fingerprint density at radius 1 is 1.32 bits per heavy atom. The zero-order chi connectivity index (χ0) is 14.0. The molecule has 1 aromatic carbocycles. The summed E-state index contributed by atoms with van der Waals surface area (Å²) in [5.41, 5.74) is 2.00. The summed E-state index contributed by atoms with van der Waals surface area (Å²) < 4.78 is 13.1. The molecule has 0 aliphatic heterocycles. The Bertz CT molecular complexity index is 641. The van der Waals surface area contributed by atoms with E-state index in [4.69, 9.17) is 10.2 Å². The maximum atomic E-state index is 13.1. The zero-order valence-corrected chi connectivity index (χ0v) is 10.2. The van der Waals surface area contributed by atoms with E-state index < -0.39 is 5.97 Å². The van der Waals surface area contributed by atoms with Gasteiger partial charge in [0.05, 0.1) is 23.6 Å². The number of aliphatic hydroxyl groups is 1. The lowest BCUT2D eigenvalue weighted by Gasteiger charge is -2.08. The van der Waals surface area contributed by atoms with Crippen molar-refractivity contribution in [2.75, 3.05) is 0 Å². The number of carboxylic acid groups (broad SMARTS) is 1. The lowest BCUT2D eigenvalue weighted by atomic mass is 10.0. The number of benzene rings is 1. The number of halogens is 1. The highest BCUT2D eigenvalue weighted by molar-refractivity contribution is 5.89. The van der Waals surface area contributed by atoms with Crippen LogP contribution in [0.4, 0.5) is 4.39 Å². The van der Waals surface area contributed by atoms with Gasteiger partial charge in [0.2, 0.25) is 0 Å². The Morgan fingerprint density at radius 2 is 2.05 bits per heavy atom. The topological polar surface area (TPSA) is 70.4 Å². The number of aromatic nitrogens is 1. The van der Waals surface area contributed by atoms with Gasteiger partial charge in [-0.25, -0.2) is 9.18 Å². The number of hydrogen-bond acceptors (Lipinski definition) is 3. The Balaban J connectivity index is 2.60. The molecule has 0 aliphatic rings. The number of aromatic carboxylic acids is 1. The monoisotopic (exact) mass is 261 g/mol. The first-order valence-corrected chi connectivity index (χ1v) is 5.63. The smallest absolute Gasteiger partial charge is 0.335 e. The van der Waals surface area contributed by atoms with E-state index in [1.165, 1.54) is 24.3 Å². The van der Waals surface area contributed by atoms with Crippen molar-refractivity contribution < 1.29 is 19.4 Å². The van der Waals surface area contributed by atoms with E-state index >= 15 is 0 Å². The molecule has 98 valence electrons. The normalized spacial score (nSPS) is 10.5. The Morgan fingerprint density at radius 3 is 2.63 bits per heavy atom. The standard InChI is InChI=1S/C14H12FNO3/c1-8-4-10(15)2-3-12(8)13-6-9(14(18)19)5-11(7-17)16-13/h2-6,17H,7H2,1H3,(H,18,19). The van der Waals surface area contributed by atoms with E-state index in [0.29, 0.717) is 16.8 Å². The molecule has 0 atom stereocenters. The Labute approximate surface area is 109 Å². The third kappa shape index (κ3) is 2.77. The number of aliphatic hydroxyl groups excluding tert-OH is 1. The van der Waals surface area contributed by atoms with E-state index in [2.05, 4.69) is 4.98 Å². The molecule has 1 heterocycles. The molecule has 1 aromatic heterocycles. The molecule has 2 N–H and O–H groups in total. The first kappa shape index (κ1) is 13.2. The van der Waals surface area contributed by atoms with Gasteiger partial charge >= 0.3 is 5.97 Å². The molecule has 0 saturated heterocycles. The SMILES string of the molecule is Cc1cc(F)ccc1-c1cc(C(=O)O)cc(CO)n1. The fraction of sp³-hybridized carbons (Fsp3) is 0.143. The summed E-state index contributed by atoms with van der Waals surface area (Å²) in [6.45, 7) is 1.36. The van der Waals surface area contributed by atoms with Crippen molar-refractivity contribution in [1.29, 1.82) is 0 Å². The molecule has 0 amide bonds. The predicted molar refractivity (Wildman–Crippen MR) is 67.3 cm³/mol. The van der Waals surface area contributed by atoms with Gasteiger partial charge in [-0.2, -0.15) is 0 Å². The number of aryl methyl sites for hydroxylation is 1. The molecule has 0 radical (unpaired) electrons. The third-order valence-corrected chi connectivity index (χ3v) is 2.75. The van der Waals surface area contributed by atoms with E-state index in [9.17, 15) is 9.18 Å². The van der Waals surface area contributed by atoms with Gasteiger partial charge in [-0.15, -0.1) is 0 Å². The van der Waals surface area contributed by atoms with Crippen molar-refractivity contribution in [2.45, 2.75) is 13.5 Å². The second-order valence-electron chi connectivity index (χ2n) is 4.15. The molecule has 0 saturated carbocycles. The van der Waals surface area contributed by atoms with Gasteiger partial charge in [0.15, 0.2) is 0 Å². The van der Waals surface area contributed by atoms with Crippen LogP contribution in [0.3, 0.4) is 0 Å². The highest BCUT2D eigenvalue weighted by atomic mass is 19.1. The molecule has 0 aliphatic carbocycles. The number of hydrogen-bond donors (Lipinski definition) is 2. The Hall–Kier alpha value is -2.27. The summed E-state index contributed by atoms with van der Waals surface area (Å²) in [5, 5.41) is 18.1. The summed E-state index contributed by atoms with van der Waals surface area (Å²) in [7, 11) is 0. The summed E-state index contributed by atoms with van der Waals surface area (Å²) in [4.78, 5) is 15.2. The second kappa shape index (κ2) is 5.16. The molecule has 4 nitrogen and oxygen atoms in total. The van der Waals surface area contributed by atoms with Crippen LogP contribution in [-0.4, -0.2) is 21.2 Å². The maximum Gasteiger partial charge on any atom is 0.335 e. The minimum atomic E-state index is -1.10. The average molecular weight is 261 g/mol. The fourth-order valence-electron chi connectivity index (χ4n) is 1.84. The number of nitrogens with zero attached hydrogens (tertiary/aromatic N) is 1. The van der Waals surface area contributed by atoms with Gasteiger partial charge in [-0.3, -0.25) is 4.98 Å². The van der Waals surface area contributed by atoms with Crippen LogP contribution in [0.15, 0.2) is 30.3 Å². The number of rotatable bonds is 3. The first-order chi connectivity index (χ1) is 9.01. The summed E-state index contributed by atoms with van der Waals surface area (Å²) in [5.74, 6) is -1.46. The van der Waals surface area contributed by atoms with E-state index in [1.54, 1.807) is 13.0 Å². The molecular formula is C14H12FNO3. The summed E-state index contributed by atoms with van der Waals surface area (Å²) in [6.07, 6.45) is 0. The van der Waals surface area contributed by atoms with Crippen molar-refractivity contribution in [2.24, 2.45) is 0 Å². The summed E-state index contributed by atoms with van der Waals surface area (Å²) in [6, 6.07) is 6.89. The van der Waals surface area contributed by atoms with E-state index in [1.807, 2.05) is 0 Å². The first-order valence-electron chi connectivity index (χ1n) is 5.63. The van der Waals surface area contributed by atoms with Crippen LogP contribution in [0.5, 0.6) is 0 Å². The molecule has 0 spiro atoms. The molecule has 19 heavy (non-hydrogen) atoms. The molecule has 2 aromatic rings. The van der Waals surface area contributed by atoms with Gasteiger partial charge in [-0.05, 0) is 42.8 Å². The maximum absolute atomic E-state index is 13.1. The van der Waals surface area contributed by atoms with Crippen molar-refractivity contribution in [1.82, 2.24) is 4.98 Å². The lowest BCUT2D eigenvalue weighted by molar-refractivity contribution is 0.0696. The van der Waals surface area contributed by atoms with Crippen LogP contribution in [0, 0.1) is 12.7 Å². The largest absolute Gasteiger partial charge is 0.478 e. The van der Waals surface area contributed by atoms with Crippen LogP contribution in [-0.2, 0) is 6.61 Å². The molecular weight excluding hydrogens is 249 g/mol. The number of pyridine rings is 1.